The summed E-state index contributed by atoms with van der Waals surface area (Å²) >= 11 is 6.69. The van der Waals surface area contributed by atoms with Crippen LogP contribution in [-0.2, 0) is 0 Å². The van der Waals surface area contributed by atoms with Crippen molar-refractivity contribution in [2.45, 2.75) is 38.9 Å². The molecule has 0 amide bonds. The molecule has 0 fully saturated rings. The Morgan fingerprint density at radius 1 is 1.20 bits per heavy atom. The molecule has 0 radical (unpaired) electrons. The zero-order valence-electron chi connectivity index (χ0n) is 7.32. The quantitative estimate of drug-likeness (QED) is 0.661. The first kappa shape index (κ1) is 13.5. The topological polar surface area (TPSA) is 0 Å². The molecule has 0 N–H and O–H groups in total. The van der Waals surface area contributed by atoms with Crippen LogP contribution in [0.1, 0.15) is 34.1 Å². The van der Waals surface area contributed by atoms with E-state index in [-0.39, 0.29) is 0 Å². The van der Waals surface area contributed by atoms with Crippen LogP contribution in [0, 0.1) is 5.92 Å². The van der Waals surface area contributed by atoms with E-state index in [0.29, 0.717) is 4.83 Å². The molecule has 10 heavy (non-hydrogen) atoms. The third-order valence-corrected chi connectivity index (χ3v) is 2.81. The molecule has 0 aliphatic heterocycles. The molecule has 0 heterocycles. The highest BCUT2D eigenvalue weighted by molar-refractivity contribution is 9.09. The molecular weight excluding hydrogens is 256 g/mol. The molecule has 0 saturated carbocycles. The minimum absolute atomic E-state index is 0.697. The lowest BCUT2D eigenvalue weighted by molar-refractivity contribution is 0.756. The monoisotopic (exact) mass is 272 g/mol. The summed E-state index contributed by atoms with van der Waals surface area (Å²) in [6.45, 7) is 8.64. The van der Waals surface area contributed by atoms with Gasteiger partial charge in [0.15, 0.2) is 0 Å². The standard InChI is InChI=1S/2C4H9Br/c1-4(2)3-5;1-3-4(2)5/h2*4H,3H2,1-2H3. The molecule has 0 spiro atoms. The van der Waals surface area contributed by atoms with Crippen molar-refractivity contribution in [1.82, 2.24) is 0 Å². The summed E-state index contributed by atoms with van der Waals surface area (Å²) < 4.78 is 0. The molecule has 0 rings (SSSR count). The van der Waals surface area contributed by atoms with E-state index in [4.69, 9.17) is 0 Å². The number of alkyl halides is 2. The molecule has 2 heteroatoms. The normalized spacial score (nSPS) is 12.3. The van der Waals surface area contributed by atoms with Crippen molar-refractivity contribution in [3.8, 4) is 0 Å². The molecule has 1 unspecified atom stereocenters. The molecule has 64 valence electrons. The van der Waals surface area contributed by atoms with Gasteiger partial charge in [0.25, 0.3) is 0 Å². The minimum Gasteiger partial charge on any atom is -0.0925 e. The van der Waals surface area contributed by atoms with E-state index in [1.54, 1.807) is 0 Å². The largest absolute Gasteiger partial charge is 0.0925 e. The van der Waals surface area contributed by atoms with Crippen molar-refractivity contribution < 1.29 is 0 Å². The molecule has 0 aromatic carbocycles. The van der Waals surface area contributed by atoms with Gasteiger partial charge in [0, 0.05) is 10.2 Å². The van der Waals surface area contributed by atoms with E-state index in [0.717, 1.165) is 11.2 Å². The summed E-state index contributed by atoms with van der Waals surface area (Å²) in [6.07, 6.45) is 1.22. The Hall–Kier alpha value is 0.960. The Morgan fingerprint density at radius 3 is 1.40 bits per heavy atom. The van der Waals surface area contributed by atoms with Gasteiger partial charge < -0.3 is 0 Å². The number of hydrogen-bond donors (Lipinski definition) is 0. The van der Waals surface area contributed by atoms with Crippen molar-refractivity contribution in [1.29, 1.82) is 0 Å². The lowest BCUT2D eigenvalue weighted by atomic mass is 10.3. The van der Waals surface area contributed by atoms with Gasteiger partial charge in [-0.05, 0) is 12.3 Å². The van der Waals surface area contributed by atoms with Gasteiger partial charge in [-0.15, -0.1) is 0 Å². The van der Waals surface area contributed by atoms with Gasteiger partial charge in [-0.2, -0.15) is 0 Å². The number of halogens is 2. The zero-order chi connectivity index (χ0) is 8.57. The maximum atomic E-state index is 3.37. The van der Waals surface area contributed by atoms with Crippen LogP contribution in [0.4, 0.5) is 0 Å². The van der Waals surface area contributed by atoms with Crippen molar-refractivity contribution in [2.24, 2.45) is 5.92 Å². The second-order valence-electron chi connectivity index (χ2n) is 2.74. The van der Waals surface area contributed by atoms with Crippen LogP contribution >= 0.6 is 31.9 Å². The van der Waals surface area contributed by atoms with Crippen molar-refractivity contribution in [3.63, 3.8) is 0 Å². The van der Waals surface area contributed by atoms with Crippen LogP contribution in [0.25, 0.3) is 0 Å². The average Bonchev–Trinajstić information content (AvgIpc) is 1.89. The smallest absolute Gasteiger partial charge is 0.0114 e. The first-order valence-corrected chi connectivity index (χ1v) is 5.78. The summed E-state index contributed by atoms with van der Waals surface area (Å²) in [5.41, 5.74) is 0. The van der Waals surface area contributed by atoms with Crippen LogP contribution in [0.3, 0.4) is 0 Å². The highest BCUT2D eigenvalue weighted by atomic mass is 79.9. The molecule has 0 nitrogen and oxygen atoms in total. The van der Waals surface area contributed by atoms with Gasteiger partial charge >= 0.3 is 0 Å². The predicted molar refractivity (Wildman–Crippen MR) is 57.3 cm³/mol. The van der Waals surface area contributed by atoms with Crippen molar-refractivity contribution >= 4 is 31.9 Å². The summed E-state index contributed by atoms with van der Waals surface area (Å²) in [4.78, 5) is 0.697. The zero-order valence-corrected chi connectivity index (χ0v) is 10.5. The lowest BCUT2D eigenvalue weighted by Crippen LogP contribution is -1.82. The second-order valence-corrected chi connectivity index (χ2v) is 4.95. The third kappa shape index (κ3) is 23.1. The maximum Gasteiger partial charge on any atom is 0.0114 e. The third-order valence-electron chi connectivity index (χ3n) is 0.871. The fourth-order valence-corrected chi connectivity index (χ4v) is 0. The maximum absolute atomic E-state index is 3.37. The van der Waals surface area contributed by atoms with Crippen LogP contribution in [0.2, 0.25) is 0 Å². The van der Waals surface area contributed by atoms with E-state index in [2.05, 4.69) is 59.6 Å². The minimum atomic E-state index is 0.697. The molecule has 0 aromatic rings. The van der Waals surface area contributed by atoms with E-state index in [1.165, 1.54) is 6.42 Å². The number of rotatable bonds is 2. The Morgan fingerprint density at radius 2 is 1.40 bits per heavy atom. The van der Waals surface area contributed by atoms with Gasteiger partial charge in [-0.1, -0.05) is 59.6 Å². The predicted octanol–water partition coefficient (Wildman–Crippen LogP) is 4.22. The summed E-state index contributed by atoms with van der Waals surface area (Å²) in [7, 11) is 0. The van der Waals surface area contributed by atoms with Gasteiger partial charge in [-0.25, -0.2) is 0 Å². The van der Waals surface area contributed by atoms with E-state index in [1.807, 2.05) is 0 Å². The SMILES string of the molecule is CC(C)CBr.CCC(C)Br. The first-order valence-electron chi connectivity index (χ1n) is 3.74. The molecule has 1 atom stereocenters. The van der Waals surface area contributed by atoms with Gasteiger partial charge in [-0.3, -0.25) is 0 Å². The number of hydrogen-bond acceptors (Lipinski definition) is 0. The Balaban J connectivity index is 0. The van der Waals surface area contributed by atoms with Gasteiger partial charge in [0.05, 0.1) is 0 Å². The Kier molecular flexibility index (Phi) is 13.5. The molecule has 0 bridgehead atoms. The molecule has 0 saturated heterocycles. The summed E-state index contributed by atoms with van der Waals surface area (Å²) in [5.74, 6) is 0.801. The summed E-state index contributed by atoms with van der Waals surface area (Å²) in [6, 6.07) is 0. The van der Waals surface area contributed by atoms with E-state index in [9.17, 15) is 0 Å². The van der Waals surface area contributed by atoms with E-state index >= 15 is 0 Å². The Labute approximate surface area is 82.0 Å². The highest BCUT2D eigenvalue weighted by Crippen LogP contribution is 1.99. The van der Waals surface area contributed by atoms with Crippen molar-refractivity contribution in [3.05, 3.63) is 0 Å². The van der Waals surface area contributed by atoms with Crippen molar-refractivity contribution in [2.75, 3.05) is 5.33 Å². The molecular formula is C8H18Br2. The van der Waals surface area contributed by atoms with Crippen LogP contribution in [-0.4, -0.2) is 10.2 Å². The highest BCUT2D eigenvalue weighted by Gasteiger charge is 1.82. The average molecular weight is 274 g/mol. The summed E-state index contributed by atoms with van der Waals surface area (Å²) in [5, 5.41) is 1.12. The fraction of sp³-hybridized carbons (Fsp3) is 1.00. The Bertz CT molecular complexity index is 43.2. The van der Waals surface area contributed by atoms with Gasteiger partial charge in [0.2, 0.25) is 0 Å². The lowest BCUT2D eigenvalue weighted by Gasteiger charge is -1.88. The van der Waals surface area contributed by atoms with Crippen LogP contribution in [0.15, 0.2) is 0 Å². The second kappa shape index (κ2) is 9.96. The van der Waals surface area contributed by atoms with Gasteiger partial charge in [0.1, 0.15) is 0 Å². The van der Waals surface area contributed by atoms with Crippen LogP contribution in [0.5, 0.6) is 0 Å². The van der Waals surface area contributed by atoms with Crippen LogP contribution < -0.4 is 0 Å². The first-order chi connectivity index (χ1) is 4.54. The van der Waals surface area contributed by atoms with E-state index < -0.39 is 0 Å². The molecule has 0 aliphatic carbocycles. The fourth-order valence-electron chi connectivity index (χ4n) is 0. The molecule has 0 aromatic heterocycles. The molecule has 0 aliphatic rings.